The average molecular weight is 380 g/mol. The van der Waals surface area contributed by atoms with E-state index in [-0.39, 0.29) is 6.04 Å². The Balaban J connectivity index is 2.16. The van der Waals surface area contributed by atoms with Gasteiger partial charge in [0.2, 0.25) is 0 Å². The van der Waals surface area contributed by atoms with E-state index in [0.717, 1.165) is 11.4 Å². The number of anilines is 1. The van der Waals surface area contributed by atoms with Crippen molar-refractivity contribution in [2.75, 3.05) is 32.7 Å². The summed E-state index contributed by atoms with van der Waals surface area (Å²) in [6.45, 7) is 3.26. The summed E-state index contributed by atoms with van der Waals surface area (Å²) >= 11 is 11.8. The molecule has 5 nitrogen and oxygen atoms in total. The molecule has 0 fully saturated rings. The number of nitrogens with zero attached hydrogens (tertiary/aromatic N) is 2. The quantitative estimate of drug-likeness (QED) is 0.729. The number of nitrogens with one attached hydrogen (secondary N) is 1. The highest BCUT2D eigenvalue weighted by Gasteiger charge is 2.19. The number of benzene rings is 1. The van der Waals surface area contributed by atoms with E-state index in [1.807, 2.05) is 29.2 Å². The van der Waals surface area contributed by atoms with Gasteiger partial charge in [0.15, 0.2) is 5.11 Å². The maximum absolute atomic E-state index is 6.18. The van der Waals surface area contributed by atoms with Gasteiger partial charge < -0.3 is 19.7 Å². The van der Waals surface area contributed by atoms with Gasteiger partial charge in [0.1, 0.15) is 5.75 Å². The molecule has 0 amide bonds. The van der Waals surface area contributed by atoms with E-state index in [9.17, 15) is 0 Å². The van der Waals surface area contributed by atoms with E-state index >= 15 is 0 Å². The molecule has 7 heteroatoms. The largest absolute Gasteiger partial charge is 0.495 e. The highest BCUT2D eigenvalue weighted by atomic mass is 35.5. The van der Waals surface area contributed by atoms with E-state index < -0.39 is 0 Å². The first-order valence-electron chi connectivity index (χ1n) is 7.87. The van der Waals surface area contributed by atoms with Gasteiger partial charge in [0, 0.05) is 25.5 Å². The molecule has 0 unspecified atom stereocenters. The molecule has 1 atom stereocenters. The summed E-state index contributed by atoms with van der Waals surface area (Å²) in [6.07, 6.45) is 1.78. The lowest BCUT2D eigenvalue weighted by Crippen LogP contribution is -2.39. The molecule has 2 aromatic rings. The minimum Gasteiger partial charge on any atom is -0.495 e. The molecule has 134 valence electrons. The molecule has 25 heavy (non-hydrogen) atoms. The zero-order chi connectivity index (χ0) is 18.2. The van der Waals surface area contributed by atoms with Crippen LogP contribution in [0.5, 0.6) is 5.75 Å². The van der Waals surface area contributed by atoms with Crippen LogP contribution in [0, 0.1) is 0 Å². The molecular weight excluding hydrogens is 358 g/mol. The molecule has 0 bridgehead atoms. The van der Waals surface area contributed by atoms with Crippen LogP contribution in [0.4, 0.5) is 5.69 Å². The first-order chi connectivity index (χ1) is 12.1. The Bertz CT molecular complexity index is 700. The number of ether oxygens (including phenoxy) is 2. The number of aromatic nitrogens is 1. The number of hydrogen-bond acceptors (Lipinski definition) is 4. The van der Waals surface area contributed by atoms with Crippen molar-refractivity contribution in [2.45, 2.75) is 13.0 Å². The van der Waals surface area contributed by atoms with Crippen molar-refractivity contribution in [2.24, 2.45) is 0 Å². The lowest BCUT2D eigenvalue weighted by atomic mass is 10.2. The Morgan fingerprint density at radius 3 is 2.72 bits per heavy atom. The zero-order valence-corrected chi connectivity index (χ0v) is 16.1. The van der Waals surface area contributed by atoms with E-state index in [0.29, 0.717) is 29.0 Å². The minimum atomic E-state index is 0.00469. The van der Waals surface area contributed by atoms with Crippen molar-refractivity contribution in [1.82, 2.24) is 9.88 Å². The van der Waals surface area contributed by atoms with Crippen molar-refractivity contribution in [3.05, 3.63) is 53.3 Å². The van der Waals surface area contributed by atoms with E-state index in [4.69, 9.17) is 33.3 Å². The molecule has 0 aliphatic carbocycles. The molecule has 2 rings (SSSR count). The Kier molecular flexibility index (Phi) is 7.43. The second-order valence-corrected chi connectivity index (χ2v) is 6.19. The highest BCUT2D eigenvalue weighted by Crippen LogP contribution is 2.28. The molecule has 0 spiro atoms. The summed E-state index contributed by atoms with van der Waals surface area (Å²) in [7, 11) is 3.25. The molecule has 0 aliphatic rings. The van der Waals surface area contributed by atoms with Crippen LogP contribution in [0.3, 0.4) is 0 Å². The minimum absolute atomic E-state index is 0.00469. The van der Waals surface area contributed by atoms with E-state index in [2.05, 4.69) is 17.2 Å². The summed E-state index contributed by atoms with van der Waals surface area (Å²) in [5, 5.41) is 4.33. The number of thiocarbonyl (C=S) groups is 1. The van der Waals surface area contributed by atoms with Crippen LogP contribution in [-0.2, 0) is 4.74 Å². The number of pyridine rings is 1. The van der Waals surface area contributed by atoms with Gasteiger partial charge in [-0.25, -0.2) is 0 Å². The first kappa shape index (κ1) is 19.4. The van der Waals surface area contributed by atoms with Gasteiger partial charge in [-0.3, -0.25) is 4.98 Å². The van der Waals surface area contributed by atoms with Crippen LogP contribution in [0.2, 0.25) is 5.02 Å². The molecule has 1 aromatic carbocycles. The van der Waals surface area contributed by atoms with Gasteiger partial charge >= 0.3 is 0 Å². The Morgan fingerprint density at radius 1 is 1.32 bits per heavy atom. The summed E-state index contributed by atoms with van der Waals surface area (Å²) < 4.78 is 10.4. The maximum atomic E-state index is 6.18. The summed E-state index contributed by atoms with van der Waals surface area (Å²) in [6, 6.07) is 11.3. The second-order valence-electron chi connectivity index (χ2n) is 5.40. The lowest BCUT2D eigenvalue weighted by Gasteiger charge is -2.31. The average Bonchev–Trinajstić information content (AvgIpc) is 2.62. The molecule has 0 radical (unpaired) electrons. The fraction of sp³-hybridized carbons (Fsp3) is 0.333. The fourth-order valence-corrected chi connectivity index (χ4v) is 3.01. The third-order valence-electron chi connectivity index (χ3n) is 3.78. The molecular formula is C18H22ClN3O2S. The number of methoxy groups -OCH3 is 2. The maximum Gasteiger partial charge on any atom is 0.174 e. The van der Waals surface area contributed by atoms with Gasteiger partial charge in [-0.15, -0.1) is 0 Å². The van der Waals surface area contributed by atoms with Crippen molar-refractivity contribution in [3.8, 4) is 5.75 Å². The Labute approximate surface area is 158 Å². The van der Waals surface area contributed by atoms with Crippen molar-refractivity contribution >= 4 is 34.6 Å². The van der Waals surface area contributed by atoms with Crippen LogP contribution in [0.25, 0.3) is 0 Å². The van der Waals surface area contributed by atoms with Crippen molar-refractivity contribution in [1.29, 1.82) is 0 Å². The van der Waals surface area contributed by atoms with Crippen LogP contribution < -0.4 is 10.1 Å². The summed E-state index contributed by atoms with van der Waals surface area (Å²) in [5.41, 5.74) is 1.74. The van der Waals surface area contributed by atoms with Gasteiger partial charge in [0.25, 0.3) is 0 Å². The van der Waals surface area contributed by atoms with E-state index in [1.54, 1.807) is 32.5 Å². The molecule has 0 saturated heterocycles. The van der Waals surface area contributed by atoms with E-state index in [1.165, 1.54) is 0 Å². The number of halogens is 1. The van der Waals surface area contributed by atoms with Crippen LogP contribution in [0.1, 0.15) is 18.7 Å². The predicted molar refractivity (Wildman–Crippen MR) is 105 cm³/mol. The Hall–Kier alpha value is -1.89. The molecule has 1 heterocycles. The van der Waals surface area contributed by atoms with Crippen molar-refractivity contribution in [3.63, 3.8) is 0 Å². The standard InChI is InChI=1S/C18H22ClN3O2S/c1-13(16-6-4-5-9-20-16)22(10-11-23-2)18(25)21-14-7-8-17(24-3)15(19)12-14/h4-9,12-13H,10-11H2,1-3H3,(H,21,25)/t13-/m0/s1. The third kappa shape index (κ3) is 5.29. The van der Waals surface area contributed by atoms with Crippen LogP contribution >= 0.6 is 23.8 Å². The van der Waals surface area contributed by atoms with Gasteiger partial charge in [0.05, 0.1) is 30.5 Å². The first-order valence-corrected chi connectivity index (χ1v) is 8.66. The van der Waals surface area contributed by atoms with Gasteiger partial charge in [-0.2, -0.15) is 0 Å². The predicted octanol–water partition coefficient (Wildman–Crippen LogP) is 4.15. The molecule has 0 saturated carbocycles. The van der Waals surface area contributed by atoms with Crippen molar-refractivity contribution < 1.29 is 9.47 Å². The number of hydrogen-bond donors (Lipinski definition) is 1. The van der Waals surface area contributed by atoms with Gasteiger partial charge in [-0.1, -0.05) is 17.7 Å². The smallest absolute Gasteiger partial charge is 0.174 e. The normalized spacial score (nSPS) is 11.7. The third-order valence-corrected chi connectivity index (χ3v) is 4.42. The molecule has 1 aromatic heterocycles. The number of rotatable bonds is 7. The van der Waals surface area contributed by atoms with Gasteiger partial charge in [-0.05, 0) is 49.5 Å². The topological polar surface area (TPSA) is 46.6 Å². The highest BCUT2D eigenvalue weighted by molar-refractivity contribution is 7.80. The monoisotopic (exact) mass is 379 g/mol. The zero-order valence-electron chi connectivity index (χ0n) is 14.5. The SMILES string of the molecule is COCCN(C(=S)Nc1ccc(OC)c(Cl)c1)[C@@H](C)c1ccccn1. The van der Waals surface area contributed by atoms with Crippen LogP contribution in [0.15, 0.2) is 42.6 Å². The van der Waals surface area contributed by atoms with Crippen LogP contribution in [-0.4, -0.2) is 42.4 Å². The summed E-state index contributed by atoms with van der Waals surface area (Å²) in [5.74, 6) is 0.622. The fourth-order valence-electron chi connectivity index (χ4n) is 2.38. The second kappa shape index (κ2) is 9.56. The summed E-state index contributed by atoms with van der Waals surface area (Å²) in [4.78, 5) is 6.47. The molecule has 1 N–H and O–H groups in total. The molecule has 0 aliphatic heterocycles. The Morgan fingerprint density at radius 2 is 2.12 bits per heavy atom. The lowest BCUT2D eigenvalue weighted by molar-refractivity contribution is 0.164.